The van der Waals surface area contributed by atoms with E-state index in [1.54, 1.807) is 6.07 Å². The average Bonchev–Trinajstić information content (AvgIpc) is 3.15. The number of benzene rings is 1. The van der Waals surface area contributed by atoms with E-state index in [0.717, 1.165) is 25.1 Å². The second-order valence-corrected chi connectivity index (χ2v) is 6.74. The van der Waals surface area contributed by atoms with Gasteiger partial charge in [0, 0.05) is 29.1 Å². The zero-order valence-electron chi connectivity index (χ0n) is 12.9. The third-order valence-electron chi connectivity index (χ3n) is 3.95. The summed E-state index contributed by atoms with van der Waals surface area (Å²) < 4.78 is 6.01. The molecule has 0 radical (unpaired) electrons. The molecule has 8 heteroatoms. The summed E-state index contributed by atoms with van der Waals surface area (Å²) in [6.07, 6.45) is 1.94. The number of aromatic nitrogens is 2. The van der Waals surface area contributed by atoms with Crippen LogP contribution in [0, 0.1) is 10.1 Å². The highest BCUT2D eigenvalue weighted by molar-refractivity contribution is 9.10. The largest absolute Gasteiger partial charge is 0.360 e. The standard InChI is InChI=1S/C15H17BrN4O3/c1-9(2)15-17-14(18-23-15)13-4-3-7-19(13)12-6-5-10(20(21)22)8-11(12)16/h5-6,8-9,13H,3-4,7H2,1-2H3. The molecule has 0 spiro atoms. The summed E-state index contributed by atoms with van der Waals surface area (Å²) >= 11 is 3.44. The Hall–Kier alpha value is -1.96. The van der Waals surface area contributed by atoms with Crippen LogP contribution in [0.2, 0.25) is 0 Å². The molecule has 1 aliphatic heterocycles. The van der Waals surface area contributed by atoms with Gasteiger partial charge in [-0.15, -0.1) is 0 Å². The summed E-state index contributed by atoms with van der Waals surface area (Å²) in [5.74, 6) is 1.50. The van der Waals surface area contributed by atoms with Gasteiger partial charge in [-0.05, 0) is 34.8 Å². The Kier molecular flexibility index (Phi) is 4.34. The van der Waals surface area contributed by atoms with Crippen LogP contribution in [0.5, 0.6) is 0 Å². The maximum absolute atomic E-state index is 10.9. The highest BCUT2D eigenvalue weighted by Gasteiger charge is 2.32. The van der Waals surface area contributed by atoms with Crippen molar-refractivity contribution in [3.63, 3.8) is 0 Å². The van der Waals surface area contributed by atoms with Crippen LogP contribution < -0.4 is 4.90 Å². The summed E-state index contributed by atoms with van der Waals surface area (Å²) in [5.41, 5.74) is 0.979. The molecule has 2 heterocycles. The van der Waals surface area contributed by atoms with E-state index in [0.29, 0.717) is 16.2 Å². The molecule has 0 aliphatic carbocycles. The number of anilines is 1. The fourth-order valence-electron chi connectivity index (χ4n) is 2.78. The first-order chi connectivity index (χ1) is 11.0. The third kappa shape index (κ3) is 3.08. The van der Waals surface area contributed by atoms with Gasteiger partial charge < -0.3 is 9.42 Å². The van der Waals surface area contributed by atoms with Crippen LogP contribution in [-0.2, 0) is 0 Å². The van der Waals surface area contributed by atoms with Gasteiger partial charge in [0.15, 0.2) is 5.82 Å². The maximum atomic E-state index is 10.9. The van der Waals surface area contributed by atoms with Crippen molar-refractivity contribution in [3.05, 3.63) is 44.5 Å². The Balaban J connectivity index is 1.90. The number of non-ortho nitro benzene ring substituents is 1. The van der Waals surface area contributed by atoms with Gasteiger partial charge in [-0.3, -0.25) is 10.1 Å². The molecule has 122 valence electrons. The van der Waals surface area contributed by atoms with Crippen molar-refractivity contribution in [2.75, 3.05) is 11.4 Å². The summed E-state index contributed by atoms with van der Waals surface area (Å²) in [5, 5.41) is 15.0. The van der Waals surface area contributed by atoms with Gasteiger partial charge in [0.25, 0.3) is 5.69 Å². The monoisotopic (exact) mass is 380 g/mol. The lowest BCUT2D eigenvalue weighted by Gasteiger charge is -2.25. The van der Waals surface area contributed by atoms with Gasteiger partial charge in [0.2, 0.25) is 5.89 Å². The van der Waals surface area contributed by atoms with E-state index in [4.69, 9.17) is 4.52 Å². The van der Waals surface area contributed by atoms with E-state index in [2.05, 4.69) is 31.0 Å². The van der Waals surface area contributed by atoms with Crippen molar-refractivity contribution in [2.45, 2.75) is 38.6 Å². The van der Waals surface area contributed by atoms with E-state index >= 15 is 0 Å². The Morgan fingerprint density at radius 2 is 2.26 bits per heavy atom. The summed E-state index contributed by atoms with van der Waals surface area (Å²) in [4.78, 5) is 17.1. The van der Waals surface area contributed by atoms with Gasteiger partial charge in [0.05, 0.1) is 16.7 Å². The quantitative estimate of drug-likeness (QED) is 0.583. The highest BCUT2D eigenvalue weighted by atomic mass is 79.9. The topological polar surface area (TPSA) is 85.3 Å². The summed E-state index contributed by atoms with van der Waals surface area (Å²) in [6.45, 7) is 4.87. The smallest absolute Gasteiger partial charge is 0.270 e. The molecule has 2 aromatic rings. The molecule has 1 fully saturated rings. The van der Waals surface area contributed by atoms with Crippen LogP contribution in [0.4, 0.5) is 11.4 Å². The maximum Gasteiger partial charge on any atom is 0.270 e. The van der Waals surface area contributed by atoms with Gasteiger partial charge in [0.1, 0.15) is 0 Å². The first-order valence-electron chi connectivity index (χ1n) is 7.51. The lowest BCUT2D eigenvalue weighted by molar-refractivity contribution is -0.384. The van der Waals surface area contributed by atoms with Crippen molar-refractivity contribution < 1.29 is 9.45 Å². The van der Waals surface area contributed by atoms with Gasteiger partial charge in [-0.2, -0.15) is 4.98 Å². The first-order valence-corrected chi connectivity index (χ1v) is 8.30. The Bertz CT molecular complexity index is 731. The Labute approximate surface area is 142 Å². The Morgan fingerprint density at radius 3 is 2.87 bits per heavy atom. The summed E-state index contributed by atoms with van der Waals surface area (Å²) in [6, 6.07) is 4.85. The van der Waals surface area contributed by atoms with E-state index in [1.165, 1.54) is 12.1 Å². The van der Waals surface area contributed by atoms with Crippen LogP contribution in [0.25, 0.3) is 0 Å². The minimum Gasteiger partial charge on any atom is -0.360 e. The van der Waals surface area contributed by atoms with Crippen LogP contribution in [0.1, 0.15) is 50.4 Å². The number of nitrogens with zero attached hydrogens (tertiary/aromatic N) is 4. The fraction of sp³-hybridized carbons (Fsp3) is 0.467. The van der Waals surface area contributed by atoms with Crippen molar-refractivity contribution in [1.82, 2.24) is 10.1 Å². The lowest BCUT2D eigenvalue weighted by Crippen LogP contribution is -2.23. The molecule has 1 aromatic carbocycles. The molecule has 1 aromatic heterocycles. The molecule has 1 saturated heterocycles. The number of hydrogen-bond donors (Lipinski definition) is 0. The highest BCUT2D eigenvalue weighted by Crippen LogP contribution is 2.39. The minimum atomic E-state index is -0.399. The average molecular weight is 381 g/mol. The van der Waals surface area contributed by atoms with Crippen LogP contribution >= 0.6 is 15.9 Å². The first kappa shape index (κ1) is 15.9. The number of hydrogen-bond acceptors (Lipinski definition) is 6. The SMILES string of the molecule is CC(C)c1nc(C2CCCN2c2ccc([N+](=O)[O-])cc2Br)no1. The molecule has 7 nitrogen and oxygen atoms in total. The fourth-order valence-corrected chi connectivity index (χ4v) is 3.38. The van der Waals surface area contributed by atoms with E-state index < -0.39 is 4.92 Å². The van der Waals surface area contributed by atoms with Crippen molar-refractivity contribution in [3.8, 4) is 0 Å². The molecule has 1 aliphatic rings. The normalized spacial score (nSPS) is 17.9. The van der Waals surface area contributed by atoms with Crippen molar-refractivity contribution in [2.24, 2.45) is 0 Å². The molecular formula is C15H17BrN4O3. The predicted octanol–water partition coefficient (Wildman–Crippen LogP) is 4.21. The molecule has 0 saturated carbocycles. The molecule has 0 N–H and O–H groups in total. The lowest BCUT2D eigenvalue weighted by atomic mass is 10.2. The molecular weight excluding hydrogens is 364 g/mol. The van der Waals surface area contributed by atoms with Gasteiger partial charge in [-0.25, -0.2) is 0 Å². The molecule has 23 heavy (non-hydrogen) atoms. The molecule has 0 bridgehead atoms. The van der Waals surface area contributed by atoms with Crippen LogP contribution in [0.3, 0.4) is 0 Å². The molecule has 0 amide bonds. The second kappa shape index (κ2) is 6.27. The van der Waals surface area contributed by atoms with Crippen LogP contribution in [-0.4, -0.2) is 21.6 Å². The van der Waals surface area contributed by atoms with Gasteiger partial charge in [-0.1, -0.05) is 19.0 Å². The predicted molar refractivity (Wildman–Crippen MR) is 88.5 cm³/mol. The zero-order valence-corrected chi connectivity index (χ0v) is 14.5. The third-order valence-corrected chi connectivity index (χ3v) is 4.59. The number of nitro benzene ring substituents is 1. The minimum absolute atomic E-state index is 0.0315. The number of halogens is 1. The van der Waals surface area contributed by atoms with E-state index in [1.807, 2.05) is 13.8 Å². The van der Waals surface area contributed by atoms with Crippen molar-refractivity contribution in [1.29, 1.82) is 0 Å². The van der Waals surface area contributed by atoms with Crippen LogP contribution in [0.15, 0.2) is 27.2 Å². The number of nitro groups is 1. The van der Waals surface area contributed by atoms with E-state index in [-0.39, 0.29) is 17.6 Å². The van der Waals surface area contributed by atoms with Crippen molar-refractivity contribution >= 4 is 27.3 Å². The molecule has 1 atom stereocenters. The molecule has 3 rings (SSSR count). The summed E-state index contributed by atoms with van der Waals surface area (Å²) in [7, 11) is 0. The molecule has 1 unspecified atom stereocenters. The number of rotatable bonds is 4. The Morgan fingerprint density at radius 1 is 1.48 bits per heavy atom. The zero-order chi connectivity index (χ0) is 16.6. The second-order valence-electron chi connectivity index (χ2n) is 5.89. The van der Waals surface area contributed by atoms with E-state index in [9.17, 15) is 10.1 Å². The van der Waals surface area contributed by atoms with Gasteiger partial charge >= 0.3 is 0 Å².